The molecule has 29 heavy (non-hydrogen) atoms. The van der Waals surface area contributed by atoms with Gasteiger partial charge >= 0.3 is 0 Å². The summed E-state index contributed by atoms with van der Waals surface area (Å²) in [7, 11) is -3.50. The van der Waals surface area contributed by atoms with E-state index in [2.05, 4.69) is 77.7 Å². The summed E-state index contributed by atoms with van der Waals surface area (Å²) in [4.78, 5) is 2.35. The minimum atomic E-state index is -3.50. The van der Waals surface area contributed by atoms with Gasteiger partial charge in [0.15, 0.2) is 0 Å². The zero-order valence-electron chi connectivity index (χ0n) is 16.4. The molecule has 0 N–H and O–H groups in total. The van der Waals surface area contributed by atoms with Crippen LogP contribution in [0.4, 0.5) is 0 Å². The van der Waals surface area contributed by atoms with Crippen LogP contribution in [0.5, 0.6) is 0 Å². The average molecular weight is 408 g/mol. The molecule has 0 amide bonds. The molecule has 1 fully saturated rings. The molecule has 1 unspecified atom stereocenters. The van der Waals surface area contributed by atoms with Crippen molar-refractivity contribution in [3.05, 3.63) is 108 Å². The lowest BCUT2D eigenvalue weighted by atomic mass is 9.75. The minimum Gasteiger partial charge on any atom is -0.283 e. The second kappa shape index (κ2) is 8.11. The third kappa shape index (κ3) is 3.99. The zero-order chi connectivity index (χ0) is 20.3. The highest BCUT2D eigenvalue weighted by molar-refractivity contribution is 7.86. The summed E-state index contributed by atoms with van der Waals surface area (Å²) in [5.41, 5.74) is 2.92. The Bertz CT molecular complexity index is 941. The molecule has 0 radical (unpaired) electrons. The van der Waals surface area contributed by atoms with Gasteiger partial charge in [0.25, 0.3) is 10.1 Å². The van der Waals surface area contributed by atoms with Crippen LogP contribution in [0.25, 0.3) is 0 Å². The van der Waals surface area contributed by atoms with Crippen LogP contribution in [0.15, 0.2) is 91.0 Å². The maximum absolute atomic E-state index is 11.7. The largest absolute Gasteiger partial charge is 0.283 e. The van der Waals surface area contributed by atoms with Crippen molar-refractivity contribution in [2.75, 3.05) is 19.3 Å². The van der Waals surface area contributed by atoms with Crippen LogP contribution in [-0.2, 0) is 19.8 Å². The lowest BCUT2D eigenvalue weighted by Gasteiger charge is -2.43. The summed E-state index contributed by atoms with van der Waals surface area (Å²) in [5, 5.41) is 0. The van der Waals surface area contributed by atoms with Crippen LogP contribution in [0.2, 0.25) is 0 Å². The van der Waals surface area contributed by atoms with Gasteiger partial charge in [0, 0.05) is 13.1 Å². The number of likely N-dealkylation sites (tertiary alicyclic amines) is 1. The number of hydrogen-bond donors (Lipinski definition) is 0. The zero-order valence-corrected chi connectivity index (χ0v) is 17.3. The van der Waals surface area contributed by atoms with E-state index in [1.54, 1.807) is 0 Å². The highest BCUT2D eigenvalue weighted by Crippen LogP contribution is 2.44. The maximum Gasteiger partial charge on any atom is 0.264 e. The van der Waals surface area contributed by atoms with Crippen molar-refractivity contribution in [3.8, 4) is 0 Å². The second-order valence-corrected chi connectivity index (χ2v) is 9.07. The highest BCUT2D eigenvalue weighted by Gasteiger charge is 2.45. The summed E-state index contributed by atoms with van der Waals surface area (Å²) < 4.78 is 28.8. The molecular weight excluding hydrogens is 382 g/mol. The number of hydrogen-bond acceptors (Lipinski definition) is 4. The second-order valence-electron chi connectivity index (χ2n) is 7.47. The molecule has 3 aromatic rings. The molecule has 3 aromatic carbocycles. The van der Waals surface area contributed by atoms with Gasteiger partial charge in [0.2, 0.25) is 0 Å². The SMILES string of the molecule is CS(=O)(=O)OC1CCN(C(c2ccccc2)(c2ccccc2)c2ccccc2)C1. The van der Waals surface area contributed by atoms with E-state index in [0.29, 0.717) is 13.0 Å². The van der Waals surface area contributed by atoms with Crippen molar-refractivity contribution in [3.63, 3.8) is 0 Å². The Hall–Kier alpha value is -2.47. The fourth-order valence-electron chi connectivity index (χ4n) is 4.44. The van der Waals surface area contributed by atoms with Crippen molar-refractivity contribution >= 4 is 10.1 Å². The number of nitrogens with zero attached hydrogens (tertiary/aromatic N) is 1. The Kier molecular flexibility index (Phi) is 5.54. The lowest BCUT2D eigenvalue weighted by molar-refractivity contribution is 0.159. The number of benzene rings is 3. The van der Waals surface area contributed by atoms with Crippen LogP contribution in [0.1, 0.15) is 23.1 Å². The fraction of sp³-hybridized carbons (Fsp3) is 0.250. The Morgan fingerprint density at radius 2 is 1.21 bits per heavy atom. The van der Waals surface area contributed by atoms with E-state index in [0.717, 1.165) is 29.5 Å². The summed E-state index contributed by atoms with van der Waals surface area (Å²) in [6, 6.07) is 31.2. The van der Waals surface area contributed by atoms with Gasteiger partial charge in [-0.15, -0.1) is 0 Å². The van der Waals surface area contributed by atoms with Gasteiger partial charge in [0.05, 0.1) is 17.9 Å². The molecule has 150 valence electrons. The molecule has 5 heteroatoms. The van der Waals surface area contributed by atoms with E-state index in [-0.39, 0.29) is 6.10 Å². The van der Waals surface area contributed by atoms with E-state index >= 15 is 0 Å². The van der Waals surface area contributed by atoms with Gasteiger partial charge in [-0.3, -0.25) is 9.08 Å². The summed E-state index contributed by atoms with van der Waals surface area (Å²) >= 11 is 0. The minimum absolute atomic E-state index is 0.347. The van der Waals surface area contributed by atoms with E-state index in [1.807, 2.05) is 18.2 Å². The Labute approximate surface area is 172 Å². The van der Waals surface area contributed by atoms with Crippen LogP contribution >= 0.6 is 0 Å². The smallest absolute Gasteiger partial charge is 0.264 e. The summed E-state index contributed by atoms with van der Waals surface area (Å²) in [6.45, 7) is 1.27. The van der Waals surface area contributed by atoms with Crippen molar-refractivity contribution < 1.29 is 12.6 Å². The molecule has 0 saturated carbocycles. The van der Waals surface area contributed by atoms with Crippen LogP contribution in [0.3, 0.4) is 0 Å². The molecule has 0 aromatic heterocycles. The predicted molar refractivity (Wildman–Crippen MR) is 115 cm³/mol. The number of rotatable bonds is 6. The van der Waals surface area contributed by atoms with E-state index in [1.165, 1.54) is 0 Å². The van der Waals surface area contributed by atoms with Crippen LogP contribution in [0, 0.1) is 0 Å². The fourth-order valence-corrected chi connectivity index (χ4v) is 5.10. The third-order valence-electron chi connectivity index (χ3n) is 5.50. The first-order valence-electron chi connectivity index (χ1n) is 9.80. The Morgan fingerprint density at radius 1 is 0.793 bits per heavy atom. The first kappa shape index (κ1) is 19.8. The third-order valence-corrected chi connectivity index (χ3v) is 6.13. The van der Waals surface area contributed by atoms with E-state index in [9.17, 15) is 8.42 Å². The van der Waals surface area contributed by atoms with Gasteiger partial charge in [-0.25, -0.2) is 0 Å². The molecule has 0 aliphatic carbocycles. The lowest BCUT2D eigenvalue weighted by Crippen LogP contribution is -2.47. The van der Waals surface area contributed by atoms with Gasteiger partial charge in [-0.1, -0.05) is 91.0 Å². The molecule has 0 spiro atoms. The normalized spacial score (nSPS) is 18.0. The first-order chi connectivity index (χ1) is 14.0. The average Bonchev–Trinajstić information content (AvgIpc) is 3.18. The van der Waals surface area contributed by atoms with Gasteiger partial charge in [-0.05, 0) is 23.1 Å². The molecule has 1 aliphatic rings. The van der Waals surface area contributed by atoms with Crippen molar-refractivity contribution in [2.45, 2.75) is 18.1 Å². The predicted octanol–water partition coefficient (Wildman–Crippen LogP) is 4.03. The molecule has 1 aliphatic heterocycles. The van der Waals surface area contributed by atoms with Crippen molar-refractivity contribution in [1.82, 2.24) is 4.90 Å². The van der Waals surface area contributed by atoms with Gasteiger partial charge < -0.3 is 0 Å². The van der Waals surface area contributed by atoms with Gasteiger partial charge in [-0.2, -0.15) is 8.42 Å². The maximum atomic E-state index is 11.7. The molecule has 0 bridgehead atoms. The Balaban J connectivity index is 1.90. The van der Waals surface area contributed by atoms with Crippen LogP contribution in [-0.4, -0.2) is 38.8 Å². The summed E-state index contributed by atoms with van der Waals surface area (Å²) in [6.07, 6.45) is 1.44. The van der Waals surface area contributed by atoms with Crippen molar-refractivity contribution in [1.29, 1.82) is 0 Å². The standard InChI is InChI=1S/C24H25NO3S/c1-29(26,27)28-23-17-18-25(19-23)24(20-11-5-2-6-12-20,21-13-7-3-8-14-21)22-15-9-4-10-16-22/h2-16,23H,17-19H2,1H3. The molecule has 1 atom stereocenters. The highest BCUT2D eigenvalue weighted by atomic mass is 32.2. The topological polar surface area (TPSA) is 46.6 Å². The molecule has 4 rings (SSSR count). The molecule has 4 nitrogen and oxygen atoms in total. The van der Waals surface area contributed by atoms with E-state index in [4.69, 9.17) is 4.18 Å². The molecule has 1 saturated heterocycles. The van der Waals surface area contributed by atoms with Crippen LogP contribution < -0.4 is 0 Å². The monoisotopic (exact) mass is 407 g/mol. The van der Waals surface area contributed by atoms with E-state index < -0.39 is 15.7 Å². The first-order valence-corrected chi connectivity index (χ1v) is 11.6. The quantitative estimate of drug-likeness (QED) is 0.457. The van der Waals surface area contributed by atoms with Crippen molar-refractivity contribution in [2.24, 2.45) is 0 Å². The molecule has 1 heterocycles. The molecular formula is C24H25NO3S. The summed E-state index contributed by atoms with van der Waals surface area (Å²) in [5.74, 6) is 0. The van der Waals surface area contributed by atoms with Gasteiger partial charge in [0.1, 0.15) is 0 Å². The Morgan fingerprint density at radius 3 is 1.59 bits per heavy atom.